The molecule has 0 amide bonds. The van der Waals surface area contributed by atoms with E-state index in [-0.39, 0.29) is 5.55 Å². The lowest BCUT2D eigenvalue weighted by molar-refractivity contribution is 0.534. The highest BCUT2D eigenvalue weighted by atomic mass is 16.3. The summed E-state index contributed by atoms with van der Waals surface area (Å²) in [7, 11) is 0. The van der Waals surface area contributed by atoms with Crippen LogP contribution in [0.25, 0.3) is 22.1 Å². The minimum atomic E-state index is 0.131. The summed E-state index contributed by atoms with van der Waals surface area (Å²) in [6.07, 6.45) is 0. The zero-order chi connectivity index (χ0) is 12.5. The Bertz CT molecular complexity index is 760. The van der Waals surface area contributed by atoms with Crippen molar-refractivity contribution in [3.63, 3.8) is 0 Å². The van der Waals surface area contributed by atoms with Crippen molar-refractivity contribution in [2.75, 3.05) is 5.73 Å². The number of fused-ring (bicyclic) bond motifs is 1. The first-order valence-electron chi connectivity index (χ1n) is 5.67. The number of nitrogen functional groups attached to an aromatic ring is 1. The van der Waals surface area contributed by atoms with Gasteiger partial charge in [0.2, 0.25) is 5.55 Å². The van der Waals surface area contributed by atoms with Crippen LogP contribution in [0.15, 0.2) is 59.0 Å². The zero-order valence-electron chi connectivity index (χ0n) is 9.68. The maximum Gasteiger partial charge on any atom is 0.212 e. The SMILES string of the molecule is N=c1cc(-c2ccccc2)c2ccc(N)cc2o1. The molecule has 0 atom stereocenters. The lowest BCUT2D eigenvalue weighted by atomic mass is 10.0. The first-order chi connectivity index (χ1) is 8.74. The molecule has 3 N–H and O–H groups in total. The highest BCUT2D eigenvalue weighted by Gasteiger charge is 2.06. The number of rotatable bonds is 1. The number of nitrogens with one attached hydrogen (secondary N) is 1. The summed E-state index contributed by atoms with van der Waals surface area (Å²) in [6.45, 7) is 0. The van der Waals surface area contributed by atoms with Crippen LogP contribution in [-0.2, 0) is 0 Å². The van der Waals surface area contributed by atoms with Gasteiger partial charge in [-0.05, 0) is 23.3 Å². The number of hydrogen-bond donors (Lipinski definition) is 2. The molecule has 0 saturated carbocycles. The molecule has 0 spiro atoms. The number of anilines is 1. The van der Waals surface area contributed by atoms with E-state index in [1.807, 2.05) is 42.5 Å². The van der Waals surface area contributed by atoms with E-state index in [0.29, 0.717) is 11.3 Å². The molecule has 0 fully saturated rings. The Kier molecular flexibility index (Phi) is 2.38. The maximum absolute atomic E-state index is 7.73. The molecule has 0 bridgehead atoms. The number of benzene rings is 2. The van der Waals surface area contributed by atoms with Gasteiger partial charge in [-0.3, -0.25) is 5.41 Å². The molecule has 1 heterocycles. The van der Waals surface area contributed by atoms with Crippen LogP contribution in [0.1, 0.15) is 0 Å². The second kappa shape index (κ2) is 4.04. The van der Waals surface area contributed by atoms with E-state index in [0.717, 1.165) is 16.5 Å². The van der Waals surface area contributed by atoms with Crippen molar-refractivity contribution < 1.29 is 4.42 Å². The molecule has 0 aliphatic rings. The lowest BCUT2D eigenvalue weighted by Gasteiger charge is -2.06. The van der Waals surface area contributed by atoms with E-state index in [1.54, 1.807) is 12.1 Å². The first-order valence-corrected chi connectivity index (χ1v) is 5.67. The minimum absolute atomic E-state index is 0.131. The molecular formula is C15H12N2O. The lowest BCUT2D eigenvalue weighted by Crippen LogP contribution is -1.99. The van der Waals surface area contributed by atoms with Crippen LogP contribution in [0.5, 0.6) is 0 Å². The summed E-state index contributed by atoms with van der Waals surface area (Å²) in [5, 5.41) is 8.69. The van der Waals surface area contributed by atoms with Crippen molar-refractivity contribution in [3.05, 3.63) is 60.2 Å². The van der Waals surface area contributed by atoms with Crippen molar-refractivity contribution >= 4 is 16.7 Å². The summed E-state index contributed by atoms with van der Waals surface area (Å²) in [5.41, 5.74) is 9.20. The van der Waals surface area contributed by atoms with E-state index < -0.39 is 0 Å². The molecule has 3 rings (SSSR count). The molecule has 0 saturated heterocycles. The van der Waals surface area contributed by atoms with Crippen molar-refractivity contribution in [1.82, 2.24) is 0 Å². The Morgan fingerprint density at radius 3 is 2.50 bits per heavy atom. The summed E-state index contributed by atoms with van der Waals surface area (Å²) >= 11 is 0. The van der Waals surface area contributed by atoms with Gasteiger partial charge in [-0.1, -0.05) is 30.3 Å². The van der Waals surface area contributed by atoms with Crippen LogP contribution in [0.4, 0.5) is 5.69 Å². The molecule has 2 aromatic carbocycles. The summed E-state index contributed by atoms with van der Waals surface area (Å²) < 4.78 is 5.39. The summed E-state index contributed by atoms with van der Waals surface area (Å²) in [4.78, 5) is 0. The van der Waals surface area contributed by atoms with E-state index in [4.69, 9.17) is 15.6 Å². The molecule has 0 radical (unpaired) electrons. The third-order valence-electron chi connectivity index (χ3n) is 2.88. The van der Waals surface area contributed by atoms with Gasteiger partial charge < -0.3 is 10.2 Å². The van der Waals surface area contributed by atoms with E-state index in [9.17, 15) is 0 Å². The molecular weight excluding hydrogens is 224 g/mol. The van der Waals surface area contributed by atoms with Gasteiger partial charge in [0.25, 0.3) is 0 Å². The molecule has 3 nitrogen and oxygen atoms in total. The molecule has 88 valence electrons. The third-order valence-corrected chi connectivity index (χ3v) is 2.88. The van der Waals surface area contributed by atoms with Gasteiger partial charge in [-0.2, -0.15) is 0 Å². The van der Waals surface area contributed by atoms with Gasteiger partial charge in [-0.15, -0.1) is 0 Å². The molecule has 3 heteroatoms. The minimum Gasteiger partial charge on any atom is -0.439 e. The highest BCUT2D eigenvalue weighted by molar-refractivity contribution is 5.94. The Balaban J connectivity index is 2.39. The fourth-order valence-corrected chi connectivity index (χ4v) is 2.06. The van der Waals surface area contributed by atoms with Crippen LogP contribution < -0.4 is 11.3 Å². The van der Waals surface area contributed by atoms with E-state index in [1.165, 1.54) is 0 Å². The van der Waals surface area contributed by atoms with Crippen LogP contribution in [0, 0.1) is 5.41 Å². The van der Waals surface area contributed by atoms with Crippen molar-refractivity contribution in [3.8, 4) is 11.1 Å². The van der Waals surface area contributed by atoms with Gasteiger partial charge in [0.15, 0.2) is 0 Å². The quantitative estimate of drug-likeness (QED) is 0.637. The van der Waals surface area contributed by atoms with Crippen LogP contribution >= 0.6 is 0 Å². The second-order valence-electron chi connectivity index (χ2n) is 4.15. The normalized spacial score (nSPS) is 10.7. The smallest absolute Gasteiger partial charge is 0.212 e. The van der Waals surface area contributed by atoms with Crippen LogP contribution in [-0.4, -0.2) is 0 Å². The standard InChI is InChI=1S/C15H12N2O/c16-11-6-7-12-13(10-4-2-1-3-5-10)9-15(17)18-14(12)8-11/h1-9,17H,16H2. The predicted molar refractivity (Wildman–Crippen MR) is 71.9 cm³/mol. The van der Waals surface area contributed by atoms with Gasteiger partial charge in [0, 0.05) is 23.2 Å². The van der Waals surface area contributed by atoms with E-state index >= 15 is 0 Å². The van der Waals surface area contributed by atoms with Crippen molar-refractivity contribution in [1.29, 1.82) is 5.41 Å². The summed E-state index contributed by atoms with van der Waals surface area (Å²) in [5.74, 6) is 0. The number of hydrogen-bond acceptors (Lipinski definition) is 3. The first kappa shape index (κ1) is 10.6. The Hall–Kier alpha value is -2.55. The molecule has 18 heavy (non-hydrogen) atoms. The molecule has 1 aromatic heterocycles. The number of nitrogens with two attached hydrogens (primary N) is 1. The second-order valence-corrected chi connectivity index (χ2v) is 4.15. The van der Waals surface area contributed by atoms with Crippen molar-refractivity contribution in [2.45, 2.75) is 0 Å². The fourth-order valence-electron chi connectivity index (χ4n) is 2.06. The third kappa shape index (κ3) is 1.76. The zero-order valence-corrected chi connectivity index (χ0v) is 9.68. The molecule has 3 aromatic rings. The van der Waals surface area contributed by atoms with Gasteiger partial charge in [-0.25, -0.2) is 0 Å². The topological polar surface area (TPSA) is 63.0 Å². The van der Waals surface area contributed by atoms with Crippen LogP contribution in [0.2, 0.25) is 0 Å². The fraction of sp³-hybridized carbons (Fsp3) is 0. The molecule has 0 unspecified atom stereocenters. The highest BCUT2D eigenvalue weighted by Crippen LogP contribution is 2.27. The Morgan fingerprint density at radius 1 is 0.944 bits per heavy atom. The largest absolute Gasteiger partial charge is 0.439 e. The molecule has 0 aliphatic carbocycles. The van der Waals surface area contributed by atoms with Crippen LogP contribution in [0.3, 0.4) is 0 Å². The van der Waals surface area contributed by atoms with E-state index in [2.05, 4.69) is 0 Å². The monoisotopic (exact) mass is 236 g/mol. The Labute approximate surface area is 104 Å². The molecule has 0 aliphatic heterocycles. The maximum atomic E-state index is 7.73. The summed E-state index contributed by atoms with van der Waals surface area (Å²) in [6, 6.07) is 17.2. The Morgan fingerprint density at radius 2 is 1.72 bits per heavy atom. The average molecular weight is 236 g/mol. The van der Waals surface area contributed by atoms with Gasteiger partial charge in [0.05, 0.1) is 0 Å². The predicted octanol–water partition coefficient (Wildman–Crippen LogP) is 3.16. The van der Waals surface area contributed by atoms with Crippen molar-refractivity contribution in [2.24, 2.45) is 0 Å². The average Bonchev–Trinajstić information content (AvgIpc) is 2.38. The van der Waals surface area contributed by atoms with Gasteiger partial charge in [0.1, 0.15) is 5.58 Å². The van der Waals surface area contributed by atoms with Gasteiger partial charge >= 0.3 is 0 Å².